The molecule has 0 aliphatic heterocycles. The molecule has 0 fully saturated rings. The number of aryl methyl sites for hydroxylation is 1. The predicted octanol–water partition coefficient (Wildman–Crippen LogP) is 3.49. The molecule has 0 amide bonds. The number of anilines is 1. The quantitative estimate of drug-likeness (QED) is 0.399. The Bertz CT molecular complexity index is 909. The van der Waals surface area contributed by atoms with E-state index in [1.54, 1.807) is 13.2 Å². The number of ether oxygens (including phenoxy) is 1. The standard InChI is InChI=1S/C18H18N4O3S/c1-3-24-17(23)14-8-20-18(22-15(14)19)26-10-13-9-25-16(21-13)12-6-4-11(2)5-7-12/h4-9H,3,10H2,1-2H3,(H2,19,20,22). The molecule has 0 saturated heterocycles. The third-order valence-corrected chi connectivity index (χ3v) is 4.39. The van der Waals surface area contributed by atoms with E-state index in [2.05, 4.69) is 15.0 Å². The van der Waals surface area contributed by atoms with Crippen LogP contribution >= 0.6 is 11.8 Å². The van der Waals surface area contributed by atoms with Gasteiger partial charge in [-0.3, -0.25) is 0 Å². The summed E-state index contributed by atoms with van der Waals surface area (Å²) in [5.41, 5.74) is 8.85. The predicted molar refractivity (Wildman–Crippen MR) is 98.6 cm³/mol. The molecule has 3 aromatic rings. The fourth-order valence-corrected chi connectivity index (χ4v) is 2.85. The van der Waals surface area contributed by atoms with Crippen LogP contribution in [0.5, 0.6) is 0 Å². The Kier molecular flexibility index (Phi) is 5.52. The molecule has 2 N–H and O–H groups in total. The van der Waals surface area contributed by atoms with Gasteiger partial charge in [0.05, 0.1) is 12.3 Å². The molecule has 3 rings (SSSR count). The van der Waals surface area contributed by atoms with Crippen molar-refractivity contribution >= 4 is 23.5 Å². The third kappa shape index (κ3) is 4.20. The van der Waals surface area contributed by atoms with Crippen molar-refractivity contribution in [3.8, 4) is 11.5 Å². The average Bonchev–Trinajstić information content (AvgIpc) is 3.10. The molecule has 0 saturated carbocycles. The number of carbonyl (C=O) groups excluding carboxylic acids is 1. The lowest BCUT2D eigenvalue weighted by Gasteiger charge is -2.05. The topological polar surface area (TPSA) is 104 Å². The molecule has 0 aliphatic carbocycles. The molecule has 0 atom stereocenters. The maximum absolute atomic E-state index is 11.7. The molecule has 7 nitrogen and oxygen atoms in total. The molecule has 0 unspecified atom stereocenters. The van der Waals surface area contributed by atoms with Crippen LogP contribution in [-0.4, -0.2) is 27.5 Å². The number of nitrogen functional groups attached to an aromatic ring is 1. The van der Waals surface area contributed by atoms with Crippen LogP contribution < -0.4 is 5.73 Å². The van der Waals surface area contributed by atoms with Gasteiger partial charge < -0.3 is 14.9 Å². The summed E-state index contributed by atoms with van der Waals surface area (Å²) in [7, 11) is 0. The lowest BCUT2D eigenvalue weighted by Crippen LogP contribution is -2.10. The largest absolute Gasteiger partial charge is 0.462 e. The maximum Gasteiger partial charge on any atom is 0.343 e. The van der Waals surface area contributed by atoms with Crippen molar-refractivity contribution in [3.63, 3.8) is 0 Å². The molecule has 26 heavy (non-hydrogen) atoms. The minimum absolute atomic E-state index is 0.0986. The van der Waals surface area contributed by atoms with Crippen LogP contribution in [0.2, 0.25) is 0 Å². The highest BCUT2D eigenvalue weighted by Crippen LogP contribution is 2.24. The number of benzene rings is 1. The van der Waals surface area contributed by atoms with Crippen molar-refractivity contribution < 1.29 is 13.9 Å². The zero-order valence-electron chi connectivity index (χ0n) is 14.4. The van der Waals surface area contributed by atoms with E-state index in [0.29, 0.717) is 16.8 Å². The van der Waals surface area contributed by atoms with E-state index in [4.69, 9.17) is 14.9 Å². The van der Waals surface area contributed by atoms with Crippen LogP contribution in [0.4, 0.5) is 5.82 Å². The number of oxazole rings is 1. The van der Waals surface area contributed by atoms with E-state index >= 15 is 0 Å². The van der Waals surface area contributed by atoms with Crippen molar-refractivity contribution in [2.45, 2.75) is 24.8 Å². The van der Waals surface area contributed by atoms with Crippen molar-refractivity contribution in [1.82, 2.24) is 15.0 Å². The molecule has 2 aromatic heterocycles. The highest BCUT2D eigenvalue weighted by Gasteiger charge is 2.14. The van der Waals surface area contributed by atoms with Gasteiger partial charge in [-0.25, -0.2) is 19.7 Å². The molecular weight excluding hydrogens is 352 g/mol. The number of rotatable bonds is 6. The van der Waals surface area contributed by atoms with Crippen LogP contribution in [0.25, 0.3) is 11.5 Å². The summed E-state index contributed by atoms with van der Waals surface area (Å²) in [4.78, 5) is 24.5. The second-order valence-electron chi connectivity index (χ2n) is 5.47. The van der Waals surface area contributed by atoms with Gasteiger partial charge in [0, 0.05) is 17.5 Å². The van der Waals surface area contributed by atoms with Gasteiger partial charge in [0.2, 0.25) is 5.89 Å². The number of hydrogen-bond donors (Lipinski definition) is 1. The van der Waals surface area contributed by atoms with E-state index in [-0.39, 0.29) is 18.0 Å². The Balaban J connectivity index is 1.65. The number of thioether (sulfide) groups is 1. The van der Waals surface area contributed by atoms with Gasteiger partial charge in [0.25, 0.3) is 0 Å². The van der Waals surface area contributed by atoms with Gasteiger partial charge in [-0.2, -0.15) is 0 Å². The fraction of sp³-hybridized carbons (Fsp3) is 0.222. The zero-order chi connectivity index (χ0) is 18.5. The van der Waals surface area contributed by atoms with E-state index in [9.17, 15) is 4.79 Å². The highest BCUT2D eigenvalue weighted by atomic mass is 32.2. The van der Waals surface area contributed by atoms with Crippen molar-refractivity contribution in [1.29, 1.82) is 0 Å². The SMILES string of the molecule is CCOC(=O)c1cnc(SCc2coc(-c3ccc(C)cc3)n2)nc1N. The summed E-state index contributed by atoms with van der Waals surface area (Å²) < 4.78 is 10.4. The Labute approximate surface area is 155 Å². The summed E-state index contributed by atoms with van der Waals surface area (Å²) in [5.74, 6) is 0.661. The molecule has 134 valence electrons. The second kappa shape index (κ2) is 8.01. The molecule has 0 spiro atoms. The Morgan fingerprint density at radius 2 is 2.04 bits per heavy atom. The zero-order valence-corrected chi connectivity index (χ0v) is 15.2. The first-order valence-corrected chi connectivity index (χ1v) is 8.99. The Hall–Kier alpha value is -2.87. The van der Waals surface area contributed by atoms with Crippen molar-refractivity contribution in [2.75, 3.05) is 12.3 Å². The molecule has 2 heterocycles. The van der Waals surface area contributed by atoms with Crippen molar-refractivity contribution in [2.24, 2.45) is 0 Å². The molecular formula is C18H18N4O3S. The van der Waals surface area contributed by atoms with Gasteiger partial charge in [0.1, 0.15) is 17.6 Å². The smallest absolute Gasteiger partial charge is 0.343 e. The molecule has 8 heteroatoms. The van der Waals surface area contributed by atoms with Gasteiger partial charge in [-0.05, 0) is 26.0 Å². The van der Waals surface area contributed by atoms with E-state index < -0.39 is 5.97 Å². The number of nitrogens with zero attached hydrogens (tertiary/aromatic N) is 3. The molecule has 1 aromatic carbocycles. The maximum atomic E-state index is 11.7. The first-order valence-electron chi connectivity index (χ1n) is 8.00. The van der Waals surface area contributed by atoms with Gasteiger partial charge in [0.15, 0.2) is 5.16 Å². The summed E-state index contributed by atoms with van der Waals surface area (Å²) >= 11 is 1.36. The number of aromatic nitrogens is 3. The van der Waals surface area contributed by atoms with Crippen LogP contribution in [0.3, 0.4) is 0 Å². The minimum Gasteiger partial charge on any atom is -0.462 e. The number of esters is 1. The summed E-state index contributed by atoms with van der Waals surface area (Å²) in [6.45, 7) is 4.02. The summed E-state index contributed by atoms with van der Waals surface area (Å²) in [6, 6.07) is 7.96. The van der Waals surface area contributed by atoms with Crippen molar-refractivity contribution in [3.05, 3.63) is 53.5 Å². The van der Waals surface area contributed by atoms with Gasteiger partial charge >= 0.3 is 5.97 Å². The Morgan fingerprint density at radius 1 is 1.27 bits per heavy atom. The van der Waals surface area contributed by atoms with Crippen LogP contribution in [0.15, 0.2) is 46.3 Å². The third-order valence-electron chi connectivity index (χ3n) is 3.49. The van der Waals surface area contributed by atoms with E-state index in [1.165, 1.54) is 23.5 Å². The number of nitrogens with two attached hydrogens (primary N) is 1. The minimum atomic E-state index is -0.527. The van der Waals surface area contributed by atoms with Crippen LogP contribution in [-0.2, 0) is 10.5 Å². The average molecular weight is 370 g/mol. The first kappa shape index (κ1) is 17.9. The lowest BCUT2D eigenvalue weighted by molar-refractivity contribution is 0.0526. The van der Waals surface area contributed by atoms with E-state index in [1.807, 2.05) is 31.2 Å². The Morgan fingerprint density at radius 3 is 2.73 bits per heavy atom. The summed E-state index contributed by atoms with van der Waals surface area (Å²) in [6.07, 6.45) is 2.99. The van der Waals surface area contributed by atoms with Crippen LogP contribution in [0.1, 0.15) is 28.5 Å². The number of carbonyl (C=O) groups is 1. The van der Waals surface area contributed by atoms with E-state index in [0.717, 1.165) is 11.3 Å². The van der Waals surface area contributed by atoms with Gasteiger partial charge in [-0.15, -0.1) is 0 Å². The second-order valence-corrected chi connectivity index (χ2v) is 6.41. The first-order chi connectivity index (χ1) is 12.6. The lowest BCUT2D eigenvalue weighted by atomic mass is 10.1. The normalized spacial score (nSPS) is 10.7. The molecule has 0 aliphatic rings. The van der Waals surface area contributed by atoms with Gasteiger partial charge in [-0.1, -0.05) is 29.5 Å². The molecule has 0 bridgehead atoms. The fourth-order valence-electron chi connectivity index (χ4n) is 2.15. The van der Waals surface area contributed by atoms with Crippen LogP contribution in [0, 0.1) is 6.92 Å². The number of hydrogen-bond acceptors (Lipinski definition) is 8. The monoisotopic (exact) mass is 370 g/mol. The molecule has 0 radical (unpaired) electrons. The summed E-state index contributed by atoms with van der Waals surface area (Å²) in [5, 5.41) is 0.454. The highest BCUT2D eigenvalue weighted by molar-refractivity contribution is 7.98.